The summed E-state index contributed by atoms with van der Waals surface area (Å²) in [7, 11) is 0. The van der Waals surface area contributed by atoms with Crippen molar-refractivity contribution in [3.8, 4) is 0 Å². The molecule has 0 saturated carbocycles. The smallest absolute Gasteiger partial charge is 0.234 e. The fraction of sp³-hybridized carbons (Fsp3) is 0.467. The number of carbonyl (C=O) groups excluding carboxylic acids is 2. The van der Waals surface area contributed by atoms with Crippen molar-refractivity contribution < 1.29 is 14.0 Å². The number of carbonyl (C=O) groups is 2. The molecule has 19 heavy (non-hydrogen) atoms. The van der Waals surface area contributed by atoms with Gasteiger partial charge in [0.05, 0.1) is 5.92 Å². The topological polar surface area (TPSA) is 46.2 Å². The van der Waals surface area contributed by atoms with Gasteiger partial charge >= 0.3 is 0 Å². The highest BCUT2D eigenvalue weighted by atomic mass is 19.1. The Morgan fingerprint density at radius 3 is 2.68 bits per heavy atom. The Morgan fingerprint density at radius 2 is 2.05 bits per heavy atom. The number of imide groups is 1. The third-order valence-electron chi connectivity index (χ3n) is 4.01. The molecule has 3 unspecified atom stereocenters. The van der Waals surface area contributed by atoms with Crippen LogP contribution in [0.1, 0.15) is 38.2 Å². The van der Waals surface area contributed by atoms with Gasteiger partial charge in [-0.1, -0.05) is 38.5 Å². The van der Waals surface area contributed by atoms with Crippen molar-refractivity contribution in [2.24, 2.45) is 11.8 Å². The Bertz CT molecular complexity index is 501. The van der Waals surface area contributed by atoms with Crippen molar-refractivity contribution in [1.29, 1.82) is 0 Å². The van der Waals surface area contributed by atoms with Crippen LogP contribution in [0.15, 0.2) is 24.3 Å². The molecular formula is C15H18FNO2. The second kappa shape index (κ2) is 5.51. The summed E-state index contributed by atoms with van der Waals surface area (Å²) in [4.78, 5) is 23.6. The van der Waals surface area contributed by atoms with Crippen molar-refractivity contribution in [2.75, 3.05) is 0 Å². The third-order valence-corrected chi connectivity index (χ3v) is 4.01. The van der Waals surface area contributed by atoms with Crippen LogP contribution in [-0.4, -0.2) is 11.8 Å². The number of hydrogen-bond donors (Lipinski definition) is 1. The molecule has 0 aromatic heterocycles. The molecule has 3 nitrogen and oxygen atoms in total. The summed E-state index contributed by atoms with van der Waals surface area (Å²) in [6, 6.07) is 6.30. The molecule has 1 aliphatic rings. The third kappa shape index (κ3) is 2.67. The maximum atomic E-state index is 13.9. The van der Waals surface area contributed by atoms with Gasteiger partial charge in [-0.05, 0) is 17.9 Å². The standard InChI is InChI=1S/C15H18FNO2/c1-3-9(2)11-8-13(18)17-15(19)14(11)10-6-4-5-7-12(10)16/h4-7,9,11,14H,3,8H2,1-2H3,(H,17,18,19). The monoisotopic (exact) mass is 263 g/mol. The predicted octanol–water partition coefficient (Wildman–Crippen LogP) is 2.62. The van der Waals surface area contributed by atoms with Gasteiger partial charge in [-0.25, -0.2) is 4.39 Å². The molecule has 4 heteroatoms. The van der Waals surface area contributed by atoms with E-state index in [1.54, 1.807) is 18.2 Å². The van der Waals surface area contributed by atoms with E-state index in [9.17, 15) is 14.0 Å². The lowest BCUT2D eigenvalue weighted by Gasteiger charge is -2.34. The van der Waals surface area contributed by atoms with Crippen LogP contribution in [0.25, 0.3) is 0 Å². The summed E-state index contributed by atoms with van der Waals surface area (Å²) in [5.41, 5.74) is 0.387. The Kier molecular flexibility index (Phi) is 3.98. The minimum absolute atomic E-state index is 0.136. The normalized spacial score (nSPS) is 25.0. The molecule has 1 aliphatic heterocycles. The van der Waals surface area contributed by atoms with E-state index in [0.717, 1.165) is 6.42 Å². The van der Waals surface area contributed by atoms with E-state index in [-0.39, 0.29) is 35.9 Å². The van der Waals surface area contributed by atoms with Gasteiger partial charge in [-0.3, -0.25) is 14.9 Å². The fourth-order valence-corrected chi connectivity index (χ4v) is 2.72. The summed E-state index contributed by atoms with van der Waals surface area (Å²) in [6.07, 6.45) is 1.13. The first-order valence-corrected chi connectivity index (χ1v) is 6.62. The molecule has 0 aliphatic carbocycles. The molecule has 1 aromatic carbocycles. The van der Waals surface area contributed by atoms with E-state index < -0.39 is 5.92 Å². The molecule has 1 saturated heterocycles. The van der Waals surface area contributed by atoms with E-state index in [1.807, 2.05) is 13.8 Å². The molecular weight excluding hydrogens is 245 g/mol. The molecule has 1 N–H and O–H groups in total. The highest BCUT2D eigenvalue weighted by Crippen LogP contribution is 2.37. The molecule has 0 radical (unpaired) electrons. The van der Waals surface area contributed by atoms with Gasteiger partial charge in [0.15, 0.2) is 0 Å². The van der Waals surface area contributed by atoms with Crippen molar-refractivity contribution in [3.63, 3.8) is 0 Å². The number of hydrogen-bond acceptors (Lipinski definition) is 2. The molecule has 102 valence electrons. The van der Waals surface area contributed by atoms with Crippen molar-refractivity contribution in [2.45, 2.75) is 32.6 Å². The van der Waals surface area contributed by atoms with Crippen molar-refractivity contribution in [1.82, 2.24) is 5.32 Å². The van der Waals surface area contributed by atoms with Gasteiger partial charge in [0.2, 0.25) is 11.8 Å². The largest absolute Gasteiger partial charge is 0.296 e. The van der Waals surface area contributed by atoms with Gasteiger partial charge in [0.25, 0.3) is 0 Å². The first-order chi connectivity index (χ1) is 9.04. The average Bonchev–Trinajstić information content (AvgIpc) is 2.38. The number of benzene rings is 1. The lowest BCUT2D eigenvalue weighted by atomic mass is 9.73. The summed E-state index contributed by atoms with van der Waals surface area (Å²) >= 11 is 0. The zero-order valence-electron chi connectivity index (χ0n) is 11.2. The number of rotatable bonds is 3. The Morgan fingerprint density at radius 1 is 1.37 bits per heavy atom. The van der Waals surface area contributed by atoms with Crippen LogP contribution in [0.2, 0.25) is 0 Å². The molecule has 2 rings (SSSR count). The Balaban J connectivity index is 2.41. The molecule has 1 aromatic rings. The average molecular weight is 263 g/mol. The summed E-state index contributed by atoms with van der Waals surface area (Å²) in [6.45, 7) is 4.02. The van der Waals surface area contributed by atoms with E-state index in [4.69, 9.17) is 0 Å². The minimum atomic E-state index is -0.575. The van der Waals surface area contributed by atoms with Crippen molar-refractivity contribution in [3.05, 3.63) is 35.6 Å². The van der Waals surface area contributed by atoms with Crippen LogP contribution in [0.4, 0.5) is 4.39 Å². The molecule has 3 atom stereocenters. The summed E-state index contributed by atoms with van der Waals surface area (Å²) in [5.74, 6) is -1.54. The zero-order chi connectivity index (χ0) is 14.0. The van der Waals surface area contributed by atoms with Crippen molar-refractivity contribution >= 4 is 11.8 Å². The lowest BCUT2D eigenvalue weighted by molar-refractivity contribution is -0.137. The first kappa shape index (κ1) is 13.7. The van der Waals surface area contributed by atoms with E-state index in [1.165, 1.54) is 6.07 Å². The Hall–Kier alpha value is -1.71. The van der Waals surface area contributed by atoms with Gasteiger partial charge < -0.3 is 0 Å². The SMILES string of the molecule is CCC(C)C1CC(=O)NC(=O)C1c1ccccc1F. The number of amides is 2. The van der Waals surface area contributed by atoms with Gasteiger partial charge in [-0.2, -0.15) is 0 Å². The Labute approximate surface area is 112 Å². The van der Waals surface area contributed by atoms with Crippen LogP contribution < -0.4 is 5.32 Å². The fourth-order valence-electron chi connectivity index (χ4n) is 2.72. The van der Waals surface area contributed by atoms with Crippen LogP contribution in [0.5, 0.6) is 0 Å². The highest BCUT2D eigenvalue weighted by Gasteiger charge is 2.40. The van der Waals surface area contributed by atoms with E-state index in [2.05, 4.69) is 5.32 Å². The number of piperidine rings is 1. The summed E-state index contributed by atoms with van der Waals surface area (Å²) in [5, 5.41) is 2.32. The molecule has 2 amide bonds. The van der Waals surface area contributed by atoms with E-state index in [0.29, 0.717) is 5.56 Å². The second-order valence-corrected chi connectivity index (χ2v) is 5.17. The predicted molar refractivity (Wildman–Crippen MR) is 69.9 cm³/mol. The van der Waals surface area contributed by atoms with Gasteiger partial charge in [0.1, 0.15) is 5.82 Å². The second-order valence-electron chi connectivity index (χ2n) is 5.17. The van der Waals surface area contributed by atoms with Gasteiger partial charge in [0, 0.05) is 12.0 Å². The lowest BCUT2D eigenvalue weighted by Crippen LogP contribution is -2.46. The number of nitrogens with one attached hydrogen (secondary N) is 1. The van der Waals surface area contributed by atoms with Gasteiger partial charge in [-0.15, -0.1) is 0 Å². The molecule has 1 heterocycles. The first-order valence-electron chi connectivity index (χ1n) is 6.62. The maximum absolute atomic E-state index is 13.9. The molecule has 0 bridgehead atoms. The summed E-state index contributed by atoms with van der Waals surface area (Å²) < 4.78 is 13.9. The quantitative estimate of drug-likeness (QED) is 0.852. The van der Waals surface area contributed by atoms with Crippen LogP contribution in [0.3, 0.4) is 0 Å². The van der Waals surface area contributed by atoms with Crippen LogP contribution in [0, 0.1) is 17.7 Å². The highest BCUT2D eigenvalue weighted by molar-refractivity contribution is 6.01. The van der Waals surface area contributed by atoms with Crippen LogP contribution >= 0.6 is 0 Å². The molecule has 1 fully saturated rings. The zero-order valence-corrected chi connectivity index (χ0v) is 11.2. The van der Waals surface area contributed by atoms with E-state index >= 15 is 0 Å². The van der Waals surface area contributed by atoms with Crippen LogP contribution in [-0.2, 0) is 9.59 Å². The molecule has 0 spiro atoms. The maximum Gasteiger partial charge on any atom is 0.234 e. The minimum Gasteiger partial charge on any atom is -0.296 e. The number of halogens is 1.